The third-order valence-corrected chi connectivity index (χ3v) is 3.10. The second kappa shape index (κ2) is 6.21. The molecule has 0 saturated heterocycles. The second-order valence-electron chi connectivity index (χ2n) is 4.08. The van der Waals surface area contributed by atoms with Crippen LogP contribution in [0.15, 0.2) is 16.6 Å². The van der Waals surface area contributed by atoms with Crippen molar-refractivity contribution in [2.24, 2.45) is 11.7 Å². The molecule has 1 unspecified atom stereocenters. The summed E-state index contributed by atoms with van der Waals surface area (Å²) in [6.07, 6.45) is 0.00331. The number of nitrogens with two attached hydrogens (primary N) is 1. The Labute approximate surface area is 107 Å². The Balaban J connectivity index is 2.81. The summed E-state index contributed by atoms with van der Waals surface area (Å²) >= 11 is 2.96. The molecular formula is C12H14BrF2NO. The first-order valence-corrected chi connectivity index (χ1v) is 6.09. The SMILES string of the molecule is CC(CN)CC(=O)Cc1c(F)ccc(Br)c1F. The van der Waals surface area contributed by atoms with Crippen LogP contribution < -0.4 is 5.73 Å². The van der Waals surface area contributed by atoms with Crippen molar-refractivity contribution in [3.63, 3.8) is 0 Å². The fraction of sp³-hybridized carbons (Fsp3) is 0.417. The van der Waals surface area contributed by atoms with E-state index in [4.69, 9.17) is 5.73 Å². The quantitative estimate of drug-likeness (QED) is 0.850. The highest BCUT2D eigenvalue weighted by molar-refractivity contribution is 9.10. The topological polar surface area (TPSA) is 43.1 Å². The number of hydrogen-bond acceptors (Lipinski definition) is 2. The van der Waals surface area contributed by atoms with Crippen LogP contribution in [0.2, 0.25) is 0 Å². The zero-order chi connectivity index (χ0) is 13.0. The van der Waals surface area contributed by atoms with Crippen molar-refractivity contribution in [1.82, 2.24) is 0 Å². The maximum Gasteiger partial charge on any atom is 0.143 e. The molecule has 2 N–H and O–H groups in total. The minimum absolute atomic E-state index is 0.0285. The molecule has 0 spiro atoms. The molecule has 1 aromatic carbocycles. The van der Waals surface area contributed by atoms with Crippen molar-refractivity contribution in [2.75, 3.05) is 6.54 Å². The Morgan fingerprint density at radius 3 is 2.71 bits per heavy atom. The molecule has 0 aliphatic carbocycles. The average molecular weight is 306 g/mol. The number of halogens is 3. The Morgan fingerprint density at radius 2 is 2.12 bits per heavy atom. The first-order valence-electron chi connectivity index (χ1n) is 5.29. The Kier molecular flexibility index (Phi) is 5.21. The number of rotatable bonds is 5. The highest BCUT2D eigenvalue weighted by Gasteiger charge is 2.16. The molecule has 17 heavy (non-hydrogen) atoms. The van der Waals surface area contributed by atoms with Gasteiger partial charge in [0.25, 0.3) is 0 Å². The molecule has 0 saturated carbocycles. The molecule has 1 atom stereocenters. The van der Waals surface area contributed by atoms with Crippen LogP contribution in [0.5, 0.6) is 0 Å². The lowest BCUT2D eigenvalue weighted by Gasteiger charge is -2.09. The minimum Gasteiger partial charge on any atom is -0.330 e. The van der Waals surface area contributed by atoms with Crippen LogP contribution in [0.3, 0.4) is 0 Å². The van der Waals surface area contributed by atoms with Crippen molar-refractivity contribution in [3.8, 4) is 0 Å². The molecule has 5 heteroatoms. The molecule has 0 amide bonds. The lowest BCUT2D eigenvalue weighted by molar-refractivity contribution is -0.119. The Morgan fingerprint density at radius 1 is 1.47 bits per heavy atom. The molecule has 94 valence electrons. The number of benzene rings is 1. The summed E-state index contributed by atoms with van der Waals surface area (Å²) in [5, 5.41) is 0. The van der Waals surface area contributed by atoms with E-state index in [0.29, 0.717) is 6.54 Å². The van der Waals surface area contributed by atoms with E-state index in [1.807, 2.05) is 6.92 Å². The number of Topliss-reactive ketones (excluding diaryl/α,β-unsaturated/α-hetero) is 1. The van der Waals surface area contributed by atoms with E-state index in [2.05, 4.69) is 15.9 Å². The van der Waals surface area contributed by atoms with Gasteiger partial charge < -0.3 is 5.73 Å². The third-order valence-electron chi connectivity index (χ3n) is 2.49. The molecule has 0 aliphatic rings. The van der Waals surface area contributed by atoms with Gasteiger partial charge in [0.15, 0.2) is 0 Å². The molecule has 0 aromatic heterocycles. The zero-order valence-corrected chi connectivity index (χ0v) is 11.1. The molecule has 0 fully saturated rings. The summed E-state index contributed by atoms with van der Waals surface area (Å²) in [6, 6.07) is 2.42. The summed E-state index contributed by atoms with van der Waals surface area (Å²) in [5.41, 5.74) is 5.20. The fourth-order valence-electron chi connectivity index (χ4n) is 1.47. The lowest BCUT2D eigenvalue weighted by atomic mass is 9.99. The van der Waals surface area contributed by atoms with E-state index in [9.17, 15) is 13.6 Å². The summed E-state index contributed by atoms with van der Waals surface area (Å²) < 4.78 is 27.1. The van der Waals surface area contributed by atoms with Gasteiger partial charge in [-0.15, -0.1) is 0 Å². The number of carbonyl (C=O) groups is 1. The van der Waals surface area contributed by atoms with E-state index in [1.165, 1.54) is 6.07 Å². The van der Waals surface area contributed by atoms with Gasteiger partial charge in [0.1, 0.15) is 17.4 Å². The maximum absolute atomic E-state index is 13.6. The normalized spacial score (nSPS) is 12.5. The van der Waals surface area contributed by atoms with Gasteiger partial charge in [0.2, 0.25) is 0 Å². The summed E-state index contributed by atoms with van der Waals surface area (Å²) in [7, 11) is 0. The van der Waals surface area contributed by atoms with Gasteiger partial charge >= 0.3 is 0 Å². The standard InChI is InChI=1S/C12H14BrF2NO/c1-7(6-16)4-8(17)5-9-11(14)3-2-10(13)12(9)15/h2-3,7H,4-6,16H2,1H3. The van der Waals surface area contributed by atoms with E-state index in [-0.39, 0.29) is 34.6 Å². The van der Waals surface area contributed by atoms with Crippen LogP contribution in [0, 0.1) is 17.6 Å². The summed E-state index contributed by atoms with van der Waals surface area (Å²) in [5.74, 6) is -1.59. The van der Waals surface area contributed by atoms with Crippen molar-refractivity contribution >= 4 is 21.7 Å². The molecular weight excluding hydrogens is 292 g/mol. The van der Waals surface area contributed by atoms with Crippen LogP contribution >= 0.6 is 15.9 Å². The van der Waals surface area contributed by atoms with Crippen molar-refractivity contribution < 1.29 is 13.6 Å². The molecule has 0 aliphatic heterocycles. The maximum atomic E-state index is 13.6. The monoisotopic (exact) mass is 305 g/mol. The molecule has 0 radical (unpaired) electrons. The molecule has 0 heterocycles. The van der Waals surface area contributed by atoms with Crippen molar-refractivity contribution in [2.45, 2.75) is 19.8 Å². The first-order chi connectivity index (χ1) is 7.95. The third kappa shape index (κ3) is 3.85. The summed E-state index contributed by atoms with van der Waals surface area (Å²) in [4.78, 5) is 11.6. The van der Waals surface area contributed by atoms with Gasteiger partial charge in [-0.2, -0.15) is 0 Å². The smallest absolute Gasteiger partial charge is 0.143 e. The lowest BCUT2D eigenvalue weighted by Crippen LogP contribution is -2.17. The van der Waals surface area contributed by atoms with E-state index in [1.54, 1.807) is 0 Å². The minimum atomic E-state index is -0.709. The highest BCUT2D eigenvalue weighted by Crippen LogP contribution is 2.22. The number of ketones is 1. The van der Waals surface area contributed by atoms with Gasteiger partial charge in [-0.1, -0.05) is 6.92 Å². The van der Waals surface area contributed by atoms with Crippen molar-refractivity contribution in [3.05, 3.63) is 33.8 Å². The largest absolute Gasteiger partial charge is 0.330 e. The zero-order valence-electron chi connectivity index (χ0n) is 9.47. The van der Waals surface area contributed by atoms with E-state index >= 15 is 0 Å². The van der Waals surface area contributed by atoms with Crippen LogP contribution in [0.1, 0.15) is 18.9 Å². The van der Waals surface area contributed by atoms with E-state index in [0.717, 1.165) is 6.07 Å². The molecule has 1 rings (SSSR count). The number of carbonyl (C=O) groups excluding carboxylic acids is 1. The molecule has 1 aromatic rings. The van der Waals surface area contributed by atoms with Crippen LogP contribution in [-0.4, -0.2) is 12.3 Å². The number of hydrogen-bond donors (Lipinski definition) is 1. The van der Waals surface area contributed by atoms with Gasteiger partial charge in [0.05, 0.1) is 4.47 Å². The van der Waals surface area contributed by atoms with E-state index < -0.39 is 11.6 Å². The average Bonchev–Trinajstić information content (AvgIpc) is 2.29. The van der Waals surface area contributed by atoms with Gasteiger partial charge in [-0.05, 0) is 40.5 Å². The molecule has 0 bridgehead atoms. The summed E-state index contributed by atoms with van der Waals surface area (Å²) in [6.45, 7) is 2.21. The van der Waals surface area contributed by atoms with Crippen LogP contribution in [-0.2, 0) is 11.2 Å². The first kappa shape index (κ1) is 14.3. The van der Waals surface area contributed by atoms with Gasteiger partial charge in [0, 0.05) is 18.4 Å². The van der Waals surface area contributed by atoms with Gasteiger partial charge in [-0.3, -0.25) is 4.79 Å². The molecule has 2 nitrogen and oxygen atoms in total. The predicted octanol–water partition coefficient (Wildman–Crippen LogP) is 2.82. The van der Waals surface area contributed by atoms with Gasteiger partial charge in [-0.25, -0.2) is 8.78 Å². The van der Waals surface area contributed by atoms with Crippen LogP contribution in [0.4, 0.5) is 8.78 Å². The second-order valence-corrected chi connectivity index (χ2v) is 4.94. The Hall–Kier alpha value is -0.810. The Bertz CT molecular complexity index is 423. The highest BCUT2D eigenvalue weighted by atomic mass is 79.9. The van der Waals surface area contributed by atoms with Crippen LogP contribution in [0.25, 0.3) is 0 Å². The predicted molar refractivity (Wildman–Crippen MR) is 65.6 cm³/mol. The van der Waals surface area contributed by atoms with Crippen molar-refractivity contribution in [1.29, 1.82) is 0 Å². The fourth-order valence-corrected chi connectivity index (χ4v) is 1.84.